The summed E-state index contributed by atoms with van der Waals surface area (Å²) < 4.78 is 0. The van der Waals surface area contributed by atoms with E-state index in [1.165, 1.54) is 11.1 Å². The van der Waals surface area contributed by atoms with Crippen LogP contribution in [0, 0.1) is 6.92 Å². The molecule has 1 aromatic rings. The summed E-state index contributed by atoms with van der Waals surface area (Å²) in [6, 6.07) is 5.48. The number of carboxylic acids is 1. The first-order valence-corrected chi connectivity index (χ1v) is 5.80. The van der Waals surface area contributed by atoms with Crippen molar-refractivity contribution in [2.24, 2.45) is 5.73 Å². The summed E-state index contributed by atoms with van der Waals surface area (Å²) in [6.07, 6.45) is 2.13. The smallest absolute Gasteiger partial charge is 0.320 e. The monoisotopic (exact) mass is 236 g/mol. The molecule has 1 unspecified atom stereocenters. The van der Waals surface area contributed by atoms with Gasteiger partial charge in [-0.15, -0.1) is 0 Å². The summed E-state index contributed by atoms with van der Waals surface area (Å²) in [5, 5.41) is 11.8. The van der Waals surface area contributed by atoms with E-state index in [4.69, 9.17) is 10.8 Å². The molecule has 4 nitrogen and oxygen atoms in total. The van der Waals surface area contributed by atoms with Crippen LogP contribution in [0.2, 0.25) is 0 Å². The Morgan fingerprint density at radius 3 is 2.82 bits per heavy atom. The SMILES string of the molecule is CNc1cc(C)ccc1CCCC(N)C(=O)O. The number of hydrogen-bond acceptors (Lipinski definition) is 3. The predicted octanol–water partition coefficient (Wildman–Crippen LogP) is 1.77. The van der Waals surface area contributed by atoms with Crippen LogP contribution in [-0.2, 0) is 11.2 Å². The Morgan fingerprint density at radius 2 is 2.24 bits per heavy atom. The molecule has 0 aliphatic heterocycles. The molecule has 0 aromatic heterocycles. The molecule has 0 bridgehead atoms. The Kier molecular flexibility index (Phi) is 4.97. The quantitative estimate of drug-likeness (QED) is 0.703. The van der Waals surface area contributed by atoms with Crippen LogP contribution >= 0.6 is 0 Å². The maximum atomic E-state index is 10.6. The van der Waals surface area contributed by atoms with Crippen molar-refractivity contribution in [3.8, 4) is 0 Å². The molecule has 0 aliphatic rings. The molecule has 4 N–H and O–H groups in total. The number of benzene rings is 1. The standard InChI is InChI=1S/C13H20N2O2/c1-9-6-7-10(12(8-9)15-2)4-3-5-11(14)13(16)17/h6-8,11,15H,3-5,14H2,1-2H3,(H,16,17). The summed E-state index contributed by atoms with van der Waals surface area (Å²) in [4.78, 5) is 10.6. The first kappa shape index (κ1) is 13.5. The maximum absolute atomic E-state index is 10.6. The molecule has 0 heterocycles. The van der Waals surface area contributed by atoms with Crippen LogP contribution in [0.4, 0.5) is 5.69 Å². The van der Waals surface area contributed by atoms with Crippen molar-refractivity contribution < 1.29 is 9.90 Å². The molecular weight excluding hydrogens is 216 g/mol. The first-order chi connectivity index (χ1) is 8.04. The zero-order chi connectivity index (χ0) is 12.8. The molecule has 0 fully saturated rings. The van der Waals surface area contributed by atoms with Gasteiger partial charge < -0.3 is 16.2 Å². The molecule has 1 aromatic carbocycles. The van der Waals surface area contributed by atoms with E-state index in [-0.39, 0.29) is 0 Å². The molecule has 0 saturated carbocycles. The highest BCUT2D eigenvalue weighted by molar-refractivity contribution is 5.72. The Bertz CT molecular complexity index is 391. The normalized spacial score (nSPS) is 12.2. The fourth-order valence-corrected chi connectivity index (χ4v) is 1.78. The number of aliphatic carboxylic acids is 1. The molecular formula is C13H20N2O2. The van der Waals surface area contributed by atoms with E-state index in [1.54, 1.807) is 0 Å². The minimum atomic E-state index is -0.928. The molecule has 0 aliphatic carbocycles. The lowest BCUT2D eigenvalue weighted by atomic mass is 10.0. The number of carbonyl (C=O) groups is 1. The summed E-state index contributed by atoms with van der Waals surface area (Å²) in [5.41, 5.74) is 8.98. The van der Waals surface area contributed by atoms with E-state index >= 15 is 0 Å². The van der Waals surface area contributed by atoms with Crippen LogP contribution in [0.3, 0.4) is 0 Å². The Hall–Kier alpha value is -1.55. The summed E-state index contributed by atoms with van der Waals surface area (Å²) in [5.74, 6) is -0.928. The van der Waals surface area contributed by atoms with Gasteiger partial charge in [0.25, 0.3) is 0 Å². The average molecular weight is 236 g/mol. The van der Waals surface area contributed by atoms with Crippen LogP contribution in [0.25, 0.3) is 0 Å². The van der Waals surface area contributed by atoms with Crippen molar-refractivity contribution in [2.45, 2.75) is 32.2 Å². The molecule has 94 valence electrons. The third-order valence-corrected chi connectivity index (χ3v) is 2.81. The largest absolute Gasteiger partial charge is 0.480 e. The van der Waals surface area contributed by atoms with Gasteiger partial charge in [-0.1, -0.05) is 12.1 Å². The Balaban J connectivity index is 2.54. The Labute approximate surface area is 102 Å². The van der Waals surface area contributed by atoms with Gasteiger partial charge in [0.05, 0.1) is 0 Å². The minimum absolute atomic E-state index is 0.506. The highest BCUT2D eigenvalue weighted by Gasteiger charge is 2.11. The number of nitrogens with two attached hydrogens (primary N) is 1. The second-order valence-electron chi connectivity index (χ2n) is 4.25. The van der Waals surface area contributed by atoms with Crippen molar-refractivity contribution in [2.75, 3.05) is 12.4 Å². The van der Waals surface area contributed by atoms with Crippen LogP contribution in [-0.4, -0.2) is 24.2 Å². The van der Waals surface area contributed by atoms with Crippen LogP contribution in [0.15, 0.2) is 18.2 Å². The molecule has 1 rings (SSSR count). The van der Waals surface area contributed by atoms with Crippen molar-refractivity contribution in [3.63, 3.8) is 0 Å². The third-order valence-electron chi connectivity index (χ3n) is 2.81. The summed E-state index contributed by atoms with van der Waals surface area (Å²) in [6.45, 7) is 2.05. The van der Waals surface area contributed by atoms with E-state index in [0.29, 0.717) is 6.42 Å². The van der Waals surface area contributed by atoms with E-state index in [2.05, 4.69) is 23.5 Å². The van der Waals surface area contributed by atoms with E-state index in [0.717, 1.165) is 18.5 Å². The fraction of sp³-hybridized carbons (Fsp3) is 0.462. The number of nitrogens with one attached hydrogen (secondary N) is 1. The van der Waals surface area contributed by atoms with Gasteiger partial charge in [-0.05, 0) is 43.4 Å². The third kappa shape index (κ3) is 4.07. The topological polar surface area (TPSA) is 75.3 Å². The van der Waals surface area contributed by atoms with E-state index < -0.39 is 12.0 Å². The average Bonchev–Trinajstić information content (AvgIpc) is 2.30. The van der Waals surface area contributed by atoms with Crippen LogP contribution in [0.5, 0.6) is 0 Å². The van der Waals surface area contributed by atoms with Crippen LogP contribution < -0.4 is 11.1 Å². The van der Waals surface area contributed by atoms with Gasteiger partial charge in [0, 0.05) is 12.7 Å². The first-order valence-electron chi connectivity index (χ1n) is 5.80. The molecule has 4 heteroatoms. The van der Waals surface area contributed by atoms with E-state index in [1.807, 2.05) is 14.0 Å². The second-order valence-corrected chi connectivity index (χ2v) is 4.25. The summed E-state index contributed by atoms with van der Waals surface area (Å²) in [7, 11) is 1.89. The van der Waals surface area contributed by atoms with Crippen molar-refractivity contribution >= 4 is 11.7 Å². The maximum Gasteiger partial charge on any atom is 0.320 e. The number of carboxylic acid groups (broad SMARTS) is 1. The van der Waals surface area contributed by atoms with Gasteiger partial charge >= 0.3 is 5.97 Å². The highest BCUT2D eigenvalue weighted by Crippen LogP contribution is 2.19. The lowest BCUT2D eigenvalue weighted by Gasteiger charge is -2.11. The molecule has 0 radical (unpaired) electrons. The fourth-order valence-electron chi connectivity index (χ4n) is 1.78. The number of hydrogen-bond donors (Lipinski definition) is 3. The molecule has 0 saturated heterocycles. The lowest BCUT2D eigenvalue weighted by molar-refractivity contribution is -0.138. The van der Waals surface area contributed by atoms with Crippen molar-refractivity contribution in [1.29, 1.82) is 0 Å². The van der Waals surface area contributed by atoms with Crippen molar-refractivity contribution in [3.05, 3.63) is 29.3 Å². The molecule has 1 atom stereocenters. The number of rotatable bonds is 6. The molecule has 0 spiro atoms. The minimum Gasteiger partial charge on any atom is -0.480 e. The number of aryl methyl sites for hydroxylation is 2. The van der Waals surface area contributed by atoms with Gasteiger partial charge in [0.1, 0.15) is 6.04 Å². The predicted molar refractivity (Wildman–Crippen MR) is 69.3 cm³/mol. The Morgan fingerprint density at radius 1 is 1.53 bits per heavy atom. The van der Waals surface area contributed by atoms with E-state index in [9.17, 15) is 4.79 Å². The molecule has 17 heavy (non-hydrogen) atoms. The lowest BCUT2D eigenvalue weighted by Crippen LogP contribution is -2.29. The number of anilines is 1. The van der Waals surface area contributed by atoms with Gasteiger partial charge in [-0.3, -0.25) is 4.79 Å². The second kappa shape index (κ2) is 6.25. The molecule has 0 amide bonds. The van der Waals surface area contributed by atoms with Gasteiger partial charge in [0.2, 0.25) is 0 Å². The highest BCUT2D eigenvalue weighted by atomic mass is 16.4. The zero-order valence-corrected chi connectivity index (χ0v) is 10.4. The van der Waals surface area contributed by atoms with Gasteiger partial charge in [-0.25, -0.2) is 0 Å². The van der Waals surface area contributed by atoms with Gasteiger partial charge in [-0.2, -0.15) is 0 Å². The zero-order valence-electron chi connectivity index (χ0n) is 10.4. The van der Waals surface area contributed by atoms with Gasteiger partial charge in [0.15, 0.2) is 0 Å². The van der Waals surface area contributed by atoms with Crippen molar-refractivity contribution in [1.82, 2.24) is 0 Å². The van der Waals surface area contributed by atoms with Crippen LogP contribution in [0.1, 0.15) is 24.0 Å². The summed E-state index contributed by atoms with van der Waals surface area (Å²) >= 11 is 0.